The van der Waals surface area contributed by atoms with Gasteiger partial charge in [-0.1, -0.05) is 32.9 Å². The smallest absolute Gasteiger partial charge is 0.259 e. The summed E-state index contributed by atoms with van der Waals surface area (Å²) in [7, 11) is -0.460. The summed E-state index contributed by atoms with van der Waals surface area (Å²) in [6.45, 7) is 8.77. The Morgan fingerprint density at radius 2 is 1.83 bits per heavy atom. The van der Waals surface area contributed by atoms with Gasteiger partial charge in [-0.2, -0.15) is 5.10 Å². The molecule has 13 nitrogen and oxygen atoms in total. The lowest BCUT2D eigenvalue weighted by molar-refractivity contribution is -0.140. The minimum atomic E-state index is -3.83. The number of fused-ring (bicyclic) bond motifs is 3. The molecule has 3 fully saturated rings. The second kappa shape index (κ2) is 13.7. The molecule has 0 spiro atoms. The summed E-state index contributed by atoms with van der Waals surface area (Å²) in [6.07, 6.45) is 9.41. The van der Waals surface area contributed by atoms with E-state index in [-0.39, 0.29) is 36.5 Å². The Kier molecular flexibility index (Phi) is 9.57. The minimum absolute atomic E-state index is 0.155. The van der Waals surface area contributed by atoms with E-state index < -0.39 is 50.6 Å². The van der Waals surface area contributed by atoms with Gasteiger partial charge in [-0.15, -0.1) is 0 Å². The van der Waals surface area contributed by atoms with Gasteiger partial charge in [0.2, 0.25) is 21.8 Å². The Morgan fingerprint density at radius 1 is 1.08 bits per heavy atom. The van der Waals surface area contributed by atoms with Crippen molar-refractivity contribution in [1.29, 1.82) is 0 Å². The van der Waals surface area contributed by atoms with E-state index in [1.54, 1.807) is 23.7 Å². The van der Waals surface area contributed by atoms with Gasteiger partial charge in [0.1, 0.15) is 23.1 Å². The number of ether oxygens (including phenoxy) is 2. The maximum absolute atomic E-state index is 14.3. The number of aryl methyl sites for hydroxylation is 1. The molecule has 4 aliphatic rings. The summed E-state index contributed by atoms with van der Waals surface area (Å²) in [5.74, 6) is -1.43. The molecule has 3 saturated carbocycles. The van der Waals surface area contributed by atoms with Gasteiger partial charge >= 0.3 is 0 Å². The van der Waals surface area contributed by atoms with Crippen LogP contribution in [0.5, 0.6) is 11.5 Å². The third kappa shape index (κ3) is 7.26. The Labute approximate surface area is 310 Å². The highest BCUT2D eigenvalue weighted by molar-refractivity contribution is 7.91. The molecule has 53 heavy (non-hydrogen) atoms. The number of nitrogens with zero attached hydrogens (tertiary/aromatic N) is 4. The minimum Gasteiger partial charge on any atom is -0.496 e. The van der Waals surface area contributed by atoms with Gasteiger partial charge in [0.25, 0.3) is 5.91 Å². The number of sulfonamides is 1. The van der Waals surface area contributed by atoms with Crippen LogP contribution < -0.4 is 19.5 Å². The van der Waals surface area contributed by atoms with E-state index in [4.69, 9.17) is 19.6 Å². The Bertz CT molecular complexity index is 2080. The monoisotopic (exact) mass is 746 g/mol. The van der Waals surface area contributed by atoms with Crippen molar-refractivity contribution in [2.45, 2.75) is 101 Å². The zero-order valence-electron chi connectivity index (χ0n) is 31.3. The standard InChI is InChI=1S/C39H50N6O7S/c1-23-30(51-6)15-14-27-31(21-33(40-34(23)27)45-18-16-32(42-45)38(2,3)4)52-25-19-28-29(20-25)36(47)44(5)17-10-8-7-9-11-24-22-39(24,41-35(28)46)37(48)43-53(49,50)26-12-13-26/h9,11,14-16,18,21,24-26,28-29H,7-8,10,12-13,17,19-20,22H2,1-6H3,(H,41,46)(H,43,48)/b11-9-. The normalized spacial score (nSPS) is 27.3. The molecule has 0 bridgehead atoms. The Balaban J connectivity index is 1.21. The van der Waals surface area contributed by atoms with Crippen molar-refractivity contribution >= 4 is 38.6 Å². The van der Waals surface area contributed by atoms with Crippen LogP contribution in [0.15, 0.2) is 42.6 Å². The summed E-state index contributed by atoms with van der Waals surface area (Å²) in [4.78, 5) is 48.7. The summed E-state index contributed by atoms with van der Waals surface area (Å²) in [5, 5.41) is 7.94. The highest BCUT2D eigenvalue weighted by Gasteiger charge is 2.62. The van der Waals surface area contributed by atoms with E-state index >= 15 is 0 Å². The van der Waals surface area contributed by atoms with Crippen LogP contribution in [0, 0.1) is 24.7 Å². The van der Waals surface area contributed by atoms with Crippen molar-refractivity contribution in [2.24, 2.45) is 17.8 Å². The second-order valence-corrected chi connectivity index (χ2v) is 18.2. The molecule has 2 aromatic heterocycles. The number of amides is 3. The fourth-order valence-electron chi connectivity index (χ4n) is 7.72. The molecule has 1 aliphatic heterocycles. The average molecular weight is 747 g/mol. The number of aromatic nitrogens is 3. The summed E-state index contributed by atoms with van der Waals surface area (Å²) in [6, 6.07) is 7.56. The molecule has 7 rings (SSSR count). The van der Waals surface area contributed by atoms with E-state index in [1.165, 1.54) is 0 Å². The number of pyridine rings is 1. The van der Waals surface area contributed by atoms with Crippen molar-refractivity contribution in [3.8, 4) is 17.3 Å². The molecule has 3 aliphatic carbocycles. The van der Waals surface area contributed by atoms with Gasteiger partial charge in [-0.25, -0.2) is 18.1 Å². The fraction of sp³-hybridized carbons (Fsp3) is 0.564. The highest BCUT2D eigenvalue weighted by Crippen LogP contribution is 2.47. The third-order valence-electron chi connectivity index (χ3n) is 11.2. The Morgan fingerprint density at radius 3 is 2.53 bits per heavy atom. The van der Waals surface area contributed by atoms with Crippen LogP contribution in [-0.4, -0.2) is 83.4 Å². The molecule has 3 aromatic rings. The lowest BCUT2D eigenvalue weighted by Crippen LogP contribution is -2.54. The lowest BCUT2D eigenvalue weighted by atomic mass is 9.93. The van der Waals surface area contributed by atoms with Gasteiger partial charge in [-0.05, 0) is 76.5 Å². The van der Waals surface area contributed by atoms with Crippen molar-refractivity contribution in [2.75, 3.05) is 20.7 Å². The molecule has 3 amide bonds. The zero-order chi connectivity index (χ0) is 37.9. The third-order valence-corrected chi connectivity index (χ3v) is 13.1. The quantitative estimate of drug-likeness (QED) is 0.332. The van der Waals surface area contributed by atoms with E-state index in [2.05, 4.69) is 30.8 Å². The number of rotatable bonds is 7. The van der Waals surface area contributed by atoms with Gasteiger partial charge in [0.05, 0.1) is 35.4 Å². The molecule has 284 valence electrons. The number of nitrogens with one attached hydrogen (secondary N) is 2. The number of allylic oxidation sites excluding steroid dienone is 1. The first-order valence-corrected chi connectivity index (χ1v) is 20.2. The fourth-order valence-corrected chi connectivity index (χ4v) is 9.09. The lowest BCUT2D eigenvalue weighted by Gasteiger charge is -2.26. The molecule has 5 atom stereocenters. The van der Waals surface area contributed by atoms with Crippen molar-refractivity contribution < 1.29 is 32.3 Å². The van der Waals surface area contributed by atoms with Crippen LogP contribution in [0.4, 0.5) is 0 Å². The van der Waals surface area contributed by atoms with E-state index in [0.717, 1.165) is 35.9 Å². The van der Waals surface area contributed by atoms with Crippen LogP contribution in [0.2, 0.25) is 0 Å². The van der Waals surface area contributed by atoms with Crippen molar-refractivity contribution in [3.05, 3.63) is 53.9 Å². The predicted molar refractivity (Wildman–Crippen MR) is 199 cm³/mol. The molecular weight excluding hydrogens is 697 g/mol. The number of hydrogen-bond donors (Lipinski definition) is 2. The number of hydrogen-bond acceptors (Lipinski definition) is 9. The van der Waals surface area contributed by atoms with Crippen LogP contribution in [-0.2, 0) is 29.8 Å². The molecule has 0 saturated heterocycles. The maximum Gasteiger partial charge on any atom is 0.259 e. The summed E-state index contributed by atoms with van der Waals surface area (Å²) >= 11 is 0. The molecule has 5 unspecified atom stereocenters. The first-order chi connectivity index (χ1) is 25.1. The number of benzene rings is 1. The molecule has 2 N–H and O–H groups in total. The number of carbonyl (C=O) groups is 3. The SMILES string of the molecule is COc1ccc2c(OC3CC4C(=O)NC5(C(=O)NS(=O)(=O)C6CC6)CC5/C=C\CCCCN(C)C(=O)C4C3)cc(-n3ccc(C(C)(C)C)n3)nc2c1C. The van der Waals surface area contributed by atoms with Gasteiger partial charge in [0, 0.05) is 48.1 Å². The summed E-state index contributed by atoms with van der Waals surface area (Å²) < 4.78 is 42.0. The molecular formula is C39H50N6O7S. The Hall–Kier alpha value is -4.46. The number of carbonyl (C=O) groups excluding carboxylic acids is 3. The van der Waals surface area contributed by atoms with E-state index in [0.29, 0.717) is 42.2 Å². The molecule has 14 heteroatoms. The van der Waals surface area contributed by atoms with E-state index in [1.807, 2.05) is 49.5 Å². The van der Waals surface area contributed by atoms with Crippen LogP contribution in [0.25, 0.3) is 16.7 Å². The predicted octanol–water partition coefficient (Wildman–Crippen LogP) is 4.49. The number of methoxy groups -OCH3 is 1. The highest BCUT2D eigenvalue weighted by atomic mass is 32.2. The topological polar surface area (TPSA) is 162 Å². The summed E-state index contributed by atoms with van der Waals surface area (Å²) in [5.41, 5.74) is 0.835. The van der Waals surface area contributed by atoms with Crippen molar-refractivity contribution in [1.82, 2.24) is 29.7 Å². The first kappa shape index (κ1) is 36.9. The van der Waals surface area contributed by atoms with E-state index in [9.17, 15) is 22.8 Å². The average Bonchev–Trinajstić information content (AvgIpc) is 3.98. The molecule has 0 radical (unpaired) electrons. The van der Waals surface area contributed by atoms with Crippen molar-refractivity contribution in [3.63, 3.8) is 0 Å². The maximum atomic E-state index is 14.3. The van der Waals surface area contributed by atoms with Crippen LogP contribution in [0.1, 0.15) is 83.4 Å². The second-order valence-electron chi connectivity index (χ2n) is 16.2. The molecule has 3 heterocycles. The first-order valence-electron chi connectivity index (χ1n) is 18.6. The van der Waals surface area contributed by atoms with Crippen LogP contribution >= 0.6 is 0 Å². The zero-order valence-corrected chi connectivity index (χ0v) is 32.2. The van der Waals surface area contributed by atoms with Gasteiger partial charge in [0.15, 0.2) is 5.82 Å². The van der Waals surface area contributed by atoms with Crippen LogP contribution in [0.3, 0.4) is 0 Å². The van der Waals surface area contributed by atoms with Gasteiger partial charge in [-0.3, -0.25) is 19.1 Å². The largest absolute Gasteiger partial charge is 0.496 e. The van der Waals surface area contributed by atoms with Gasteiger partial charge < -0.3 is 19.7 Å². The molecule has 1 aromatic carbocycles.